The van der Waals surface area contributed by atoms with Gasteiger partial charge in [-0.2, -0.15) is 0 Å². The maximum atomic E-state index is 5.30. The number of ether oxygens (including phenoxy) is 1. The molecule has 5 heteroatoms. The fraction of sp³-hybridized carbons (Fsp3) is 0.650. The van der Waals surface area contributed by atoms with E-state index in [0.29, 0.717) is 12.0 Å². The smallest absolute Gasteiger partial charge is 0.193 e. The second-order valence-electron chi connectivity index (χ2n) is 7.06. The molecule has 2 unspecified atom stereocenters. The zero-order valence-electron chi connectivity index (χ0n) is 16.5. The van der Waals surface area contributed by atoms with E-state index in [9.17, 15) is 0 Å². The maximum Gasteiger partial charge on any atom is 0.193 e. The molecule has 1 aromatic carbocycles. The zero-order chi connectivity index (χ0) is 18.2. The molecule has 2 rings (SSSR count). The Morgan fingerprint density at radius 1 is 1.36 bits per heavy atom. The number of guanidine groups is 1. The maximum absolute atomic E-state index is 5.30. The topological polar surface area (TPSA) is 40.1 Å². The average Bonchev–Trinajstić information content (AvgIpc) is 3.07. The number of methoxy groups -OCH3 is 1. The number of rotatable bonds is 7. The van der Waals surface area contributed by atoms with Crippen molar-refractivity contribution in [3.05, 3.63) is 35.4 Å². The number of nitrogens with one attached hydrogen (secondary N) is 1. The van der Waals surface area contributed by atoms with Crippen molar-refractivity contribution in [2.75, 3.05) is 54.5 Å². The summed E-state index contributed by atoms with van der Waals surface area (Å²) in [5.41, 5.74) is 2.72. The Hall–Kier alpha value is -1.59. The number of aryl methyl sites for hydroxylation is 1. The van der Waals surface area contributed by atoms with Crippen LogP contribution >= 0.6 is 0 Å². The van der Waals surface area contributed by atoms with Crippen LogP contribution in [-0.4, -0.2) is 70.3 Å². The minimum atomic E-state index is 0.319. The van der Waals surface area contributed by atoms with Crippen LogP contribution in [0.4, 0.5) is 0 Å². The molecule has 1 aliphatic heterocycles. The highest BCUT2D eigenvalue weighted by Crippen LogP contribution is 2.20. The van der Waals surface area contributed by atoms with Gasteiger partial charge in [-0.05, 0) is 38.1 Å². The molecule has 1 saturated heterocycles. The second-order valence-corrected chi connectivity index (χ2v) is 7.06. The molecule has 140 valence electrons. The van der Waals surface area contributed by atoms with Gasteiger partial charge < -0.3 is 19.9 Å². The highest BCUT2D eigenvalue weighted by molar-refractivity contribution is 5.80. The standard InChI is InChI=1S/C20H34N4O/c1-6-16-7-9-18(10-8-16)19(23(3)4)13-22-20(21-2)24-12-11-17(14-24)15-25-5/h7-10,17,19H,6,11-15H2,1-5H3,(H,21,22). The van der Waals surface area contributed by atoms with Crippen molar-refractivity contribution in [2.24, 2.45) is 10.9 Å². The van der Waals surface area contributed by atoms with E-state index in [2.05, 4.69) is 65.4 Å². The van der Waals surface area contributed by atoms with Crippen LogP contribution in [0.25, 0.3) is 0 Å². The Bertz CT molecular complexity index is 541. The van der Waals surface area contributed by atoms with Gasteiger partial charge >= 0.3 is 0 Å². The van der Waals surface area contributed by atoms with Gasteiger partial charge in [-0.25, -0.2) is 0 Å². The van der Waals surface area contributed by atoms with Gasteiger partial charge in [0.2, 0.25) is 0 Å². The van der Waals surface area contributed by atoms with Crippen molar-refractivity contribution >= 4 is 5.96 Å². The summed E-state index contributed by atoms with van der Waals surface area (Å²) in [6.45, 7) is 5.93. The number of likely N-dealkylation sites (N-methyl/N-ethyl adjacent to an activating group) is 1. The third-order valence-electron chi connectivity index (χ3n) is 5.05. The first kappa shape index (κ1) is 19.7. The second kappa shape index (κ2) is 9.78. The lowest BCUT2D eigenvalue weighted by Gasteiger charge is -2.28. The van der Waals surface area contributed by atoms with E-state index in [-0.39, 0.29) is 0 Å². The summed E-state index contributed by atoms with van der Waals surface area (Å²) >= 11 is 0. The van der Waals surface area contributed by atoms with Gasteiger partial charge in [0.1, 0.15) is 0 Å². The fourth-order valence-electron chi connectivity index (χ4n) is 3.49. The normalized spacial score (nSPS) is 19.5. The van der Waals surface area contributed by atoms with Crippen LogP contribution in [-0.2, 0) is 11.2 Å². The minimum Gasteiger partial charge on any atom is -0.384 e. The molecule has 0 saturated carbocycles. The molecule has 0 amide bonds. The van der Waals surface area contributed by atoms with E-state index >= 15 is 0 Å². The molecular formula is C20H34N4O. The molecule has 0 spiro atoms. The van der Waals surface area contributed by atoms with Crippen LogP contribution < -0.4 is 5.32 Å². The molecule has 5 nitrogen and oxygen atoms in total. The number of likely N-dealkylation sites (tertiary alicyclic amines) is 1. The largest absolute Gasteiger partial charge is 0.384 e. The number of hydrogen-bond donors (Lipinski definition) is 1. The lowest BCUT2D eigenvalue weighted by molar-refractivity contribution is 0.157. The number of hydrogen-bond acceptors (Lipinski definition) is 3. The summed E-state index contributed by atoms with van der Waals surface area (Å²) in [5.74, 6) is 1.60. The Morgan fingerprint density at radius 3 is 2.64 bits per heavy atom. The third-order valence-corrected chi connectivity index (χ3v) is 5.05. The number of nitrogens with zero attached hydrogens (tertiary/aromatic N) is 3. The van der Waals surface area contributed by atoms with Crippen molar-refractivity contribution in [1.29, 1.82) is 0 Å². The molecule has 25 heavy (non-hydrogen) atoms. The van der Waals surface area contributed by atoms with Gasteiger partial charge in [-0.1, -0.05) is 31.2 Å². The average molecular weight is 347 g/mol. The molecule has 0 radical (unpaired) electrons. The van der Waals surface area contributed by atoms with Crippen LogP contribution in [0.3, 0.4) is 0 Å². The summed E-state index contributed by atoms with van der Waals surface area (Å²) in [6, 6.07) is 9.28. The molecule has 1 N–H and O–H groups in total. The van der Waals surface area contributed by atoms with Crippen molar-refractivity contribution in [1.82, 2.24) is 15.1 Å². The highest BCUT2D eigenvalue weighted by atomic mass is 16.5. The fourth-order valence-corrected chi connectivity index (χ4v) is 3.49. The summed E-state index contributed by atoms with van der Waals surface area (Å²) < 4.78 is 5.30. The van der Waals surface area contributed by atoms with Gasteiger partial charge in [0, 0.05) is 39.7 Å². The van der Waals surface area contributed by atoms with E-state index in [0.717, 1.165) is 38.6 Å². The van der Waals surface area contributed by atoms with Gasteiger partial charge in [0.25, 0.3) is 0 Å². The lowest BCUT2D eigenvalue weighted by atomic mass is 10.0. The quantitative estimate of drug-likeness (QED) is 0.608. The van der Waals surface area contributed by atoms with Gasteiger partial charge in [0.05, 0.1) is 12.6 Å². The van der Waals surface area contributed by atoms with Gasteiger partial charge in [0.15, 0.2) is 5.96 Å². The zero-order valence-corrected chi connectivity index (χ0v) is 16.5. The Balaban J connectivity index is 1.97. The van der Waals surface area contributed by atoms with Crippen molar-refractivity contribution in [2.45, 2.75) is 25.8 Å². The lowest BCUT2D eigenvalue weighted by Crippen LogP contribution is -2.43. The first-order chi connectivity index (χ1) is 12.1. The van der Waals surface area contributed by atoms with Crippen LogP contribution in [0.1, 0.15) is 30.5 Å². The summed E-state index contributed by atoms with van der Waals surface area (Å²) in [6.07, 6.45) is 2.25. The molecule has 0 aliphatic carbocycles. The van der Waals surface area contributed by atoms with Gasteiger partial charge in [-0.3, -0.25) is 4.99 Å². The predicted octanol–water partition coefficient (Wildman–Crippen LogP) is 2.40. The molecule has 1 fully saturated rings. The van der Waals surface area contributed by atoms with E-state index in [1.165, 1.54) is 17.5 Å². The van der Waals surface area contributed by atoms with Crippen LogP contribution in [0.5, 0.6) is 0 Å². The molecule has 1 aliphatic rings. The monoisotopic (exact) mass is 346 g/mol. The predicted molar refractivity (Wildman–Crippen MR) is 105 cm³/mol. The highest BCUT2D eigenvalue weighted by Gasteiger charge is 2.25. The van der Waals surface area contributed by atoms with Crippen LogP contribution in [0.15, 0.2) is 29.3 Å². The Morgan fingerprint density at radius 2 is 2.08 bits per heavy atom. The van der Waals surface area contributed by atoms with Crippen molar-refractivity contribution in [3.8, 4) is 0 Å². The summed E-state index contributed by atoms with van der Waals surface area (Å²) in [7, 11) is 7.91. The molecule has 2 atom stereocenters. The minimum absolute atomic E-state index is 0.319. The van der Waals surface area contributed by atoms with Crippen LogP contribution in [0.2, 0.25) is 0 Å². The molecule has 1 aromatic rings. The third kappa shape index (κ3) is 5.44. The molecular weight excluding hydrogens is 312 g/mol. The van der Waals surface area contributed by atoms with Crippen molar-refractivity contribution < 1.29 is 4.74 Å². The van der Waals surface area contributed by atoms with Crippen LogP contribution in [0, 0.1) is 5.92 Å². The number of aliphatic imine (C=N–C) groups is 1. The van der Waals surface area contributed by atoms with Crippen molar-refractivity contribution in [3.63, 3.8) is 0 Å². The number of benzene rings is 1. The first-order valence-corrected chi connectivity index (χ1v) is 9.28. The van der Waals surface area contributed by atoms with E-state index in [1.807, 2.05) is 7.05 Å². The summed E-state index contributed by atoms with van der Waals surface area (Å²) in [5, 5.41) is 3.58. The van der Waals surface area contributed by atoms with Gasteiger partial charge in [-0.15, -0.1) is 0 Å². The van der Waals surface area contributed by atoms with E-state index in [4.69, 9.17) is 4.74 Å². The Kier molecular flexibility index (Phi) is 7.72. The summed E-state index contributed by atoms with van der Waals surface area (Å²) in [4.78, 5) is 9.10. The molecule has 0 bridgehead atoms. The Labute approximate surface area is 153 Å². The SMILES string of the molecule is CCc1ccc(C(CNC(=NC)N2CCC(COC)C2)N(C)C)cc1. The molecule has 0 aromatic heterocycles. The van der Waals surface area contributed by atoms with E-state index in [1.54, 1.807) is 7.11 Å². The van der Waals surface area contributed by atoms with E-state index < -0.39 is 0 Å². The molecule has 1 heterocycles. The first-order valence-electron chi connectivity index (χ1n) is 9.28.